The Morgan fingerprint density at radius 2 is 1.64 bits per heavy atom. The van der Waals surface area contributed by atoms with Crippen LogP contribution < -0.4 is 4.74 Å². The molecule has 3 heteroatoms. The largest absolute Gasteiger partial charge is 0.489 e. The molecule has 3 aromatic carbocycles. The molecular weight excluding hydrogens is 330 g/mol. The second kappa shape index (κ2) is 8.00. The van der Waals surface area contributed by atoms with E-state index in [2.05, 4.69) is 36.2 Å². The van der Waals surface area contributed by atoms with Gasteiger partial charge in [0.1, 0.15) is 12.4 Å². The summed E-state index contributed by atoms with van der Waals surface area (Å²) < 4.78 is 5.82. The van der Waals surface area contributed by atoms with Crippen LogP contribution in [0.2, 0.25) is 5.02 Å². The summed E-state index contributed by atoms with van der Waals surface area (Å²) in [5.41, 5.74) is 5.41. The smallest absolute Gasteiger partial charge is 0.119 e. The number of halogens is 1. The van der Waals surface area contributed by atoms with E-state index in [1.165, 1.54) is 5.56 Å². The molecule has 126 valence electrons. The lowest BCUT2D eigenvalue weighted by atomic mass is 10.2. The topological polar surface area (TPSA) is 21.6 Å². The predicted molar refractivity (Wildman–Crippen MR) is 105 cm³/mol. The van der Waals surface area contributed by atoms with Gasteiger partial charge in [-0.25, -0.2) is 0 Å². The molecule has 0 N–H and O–H groups in total. The standard InChI is InChI=1S/C22H20ClNO/c1-16-3-6-19(7-4-16)15-25-21-11-8-18(9-12-21)14-24-22-13-20(23)10-5-17(22)2/h3-14H,15H2,1-2H3. The van der Waals surface area contributed by atoms with Crippen LogP contribution in [0, 0.1) is 13.8 Å². The average molecular weight is 350 g/mol. The Morgan fingerprint density at radius 1 is 0.920 bits per heavy atom. The van der Waals surface area contributed by atoms with Crippen molar-refractivity contribution >= 4 is 23.5 Å². The Labute approximate surface area is 153 Å². The highest BCUT2D eigenvalue weighted by atomic mass is 35.5. The third-order valence-electron chi connectivity index (χ3n) is 3.93. The van der Waals surface area contributed by atoms with Gasteiger partial charge in [-0.15, -0.1) is 0 Å². The molecule has 2 nitrogen and oxygen atoms in total. The minimum atomic E-state index is 0.565. The molecule has 3 rings (SSSR count). The molecule has 0 atom stereocenters. The quantitative estimate of drug-likeness (QED) is 0.496. The zero-order valence-corrected chi connectivity index (χ0v) is 15.1. The van der Waals surface area contributed by atoms with Crippen molar-refractivity contribution in [2.24, 2.45) is 4.99 Å². The first-order valence-corrected chi connectivity index (χ1v) is 8.56. The van der Waals surface area contributed by atoms with Gasteiger partial charge < -0.3 is 4.74 Å². The highest BCUT2D eigenvalue weighted by Gasteiger charge is 1.99. The Bertz CT molecular complexity index is 868. The first-order chi connectivity index (χ1) is 12.1. The van der Waals surface area contributed by atoms with Crippen LogP contribution in [0.15, 0.2) is 71.7 Å². The van der Waals surface area contributed by atoms with Crippen molar-refractivity contribution in [3.8, 4) is 5.75 Å². The molecule has 0 aliphatic heterocycles. The number of ether oxygens (including phenoxy) is 1. The van der Waals surface area contributed by atoms with Crippen LogP contribution in [-0.4, -0.2) is 6.21 Å². The van der Waals surface area contributed by atoms with Crippen molar-refractivity contribution in [1.29, 1.82) is 0 Å². The van der Waals surface area contributed by atoms with E-state index in [0.29, 0.717) is 11.6 Å². The molecule has 25 heavy (non-hydrogen) atoms. The fraction of sp³-hybridized carbons (Fsp3) is 0.136. The molecule has 0 unspecified atom stereocenters. The van der Waals surface area contributed by atoms with E-state index in [1.807, 2.05) is 55.6 Å². The molecule has 0 radical (unpaired) electrons. The van der Waals surface area contributed by atoms with Gasteiger partial charge in [0, 0.05) is 11.2 Å². The minimum Gasteiger partial charge on any atom is -0.489 e. The summed E-state index contributed by atoms with van der Waals surface area (Å²) in [4.78, 5) is 4.52. The number of aryl methyl sites for hydroxylation is 2. The Kier molecular flexibility index (Phi) is 5.52. The fourth-order valence-corrected chi connectivity index (χ4v) is 2.53. The molecule has 0 aliphatic carbocycles. The Morgan fingerprint density at radius 3 is 2.36 bits per heavy atom. The van der Waals surface area contributed by atoms with Gasteiger partial charge in [-0.3, -0.25) is 4.99 Å². The third kappa shape index (κ3) is 4.94. The van der Waals surface area contributed by atoms with Crippen molar-refractivity contribution in [2.75, 3.05) is 0 Å². The molecule has 3 aromatic rings. The molecule has 0 spiro atoms. The lowest BCUT2D eigenvalue weighted by Crippen LogP contribution is -1.95. The van der Waals surface area contributed by atoms with E-state index in [9.17, 15) is 0 Å². The van der Waals surface area contributed by atoms with Gasteiger partial charge in [-0.05, 0) is 66.9 Å². The van der Waals surface area contributed by atoms with Gasteiger partial charge in [-0.1, -0.05) is 47.5 Å². The van der Waals surface area contributed by atoms with Gasteiger partial charge in [0.05, 0.1) is 5.69 Å². The van der Waals surface area contributed by atoms with E-state index in [1.54, 1.807) is 0 Å². The Balaban J connectivity index is 1.62. The highest BCUT2D eigenvalue weighted by molar-refractivity contribution is 6.30. The molecule has 0 aliphatic rings. The van der Waals surface area contributed by atoms with Crippen LogP contribution in [0.3, 0.4) is 0 Å². The van der Waals surface area contributed by atoms with Crippen molar-refractivity contribution < 1.29 is 4.74 Å². The normalized spacial score (nSPS) is 11.0. The van der Waals surface area contributed by atoms with E-state index in [-0.39, 0.29) is 0 Å². The second-order valence-electron chi connectivity index (χ2n) is 6.03. The summed E-state index contributed by atoms with van der Waals surface area (Å²) in [6.07, 6.45) is 1.84. The third-order valence-corrected chi connectivity index (χ3v) is 4.17. The molecule has 0 fully saturated rings. The van der Waals surface area contributed by atoms with Gasteiger partial charge >= 0.3 is 0 Å². The van der Waals surface area contributed by atoms with Gasteiger partial charge in [-0.2, -0.15) is 0 Å². The fourth-order valence-electron chi connectivity index (χ4n) is 2.37. The molecule has 0 amide bonds. The maximum absolute atomic E-state index is 6.02. The summed E-state index contributed by atoms with van der Waals surface area (Å²) in [5, 5.41) is 0.692. The number of aliphatic imine (C=N–C) groups is 1. The lowest BCUT2D eigenvalue weighted by Gasteiger charge is -2.07. The number of benzene rings is 3. The zero-order valence-electron chi connectivity index (χ0n) is 14.4. The van der Waals surface area contributed by atoms with Gasteiger partial charge in [0.15, 0.2) is 0 Å². The molecule has 0 saturated heterocycles. The molecule has 0 heterocycles. The monoisotopic (exact) mass is 349 g/mol. The lowest BCUT2D eigenvalue weighted by molar-refractivity contribution is 0.306. The van der Waals surface area contributed by atoms with Crippen molar-refractivity contribution in [3.05, 3.63) is 94.0 Å². The van der Waals surface area contributed by atoms with Crippen molar-refractivity contribution in [3.63, 3.8) is 0 Å². The van der Waals surface area contributed by atoms with Crippen molar-refractivity contribution in [2.45, 2.75) is 20.5 Å². The van der Waals surface area contributed by atoms with E-state index >= 15 is 0 Å². The van der Waals surface area contributed by atoms with Crippen LogP contribution in [0.5, 0.6) is 5.75 Å². The first-order valence-electron chi connectivity index (χ1n) is 8.19. The summed E-state index contributed by atoms with van der Waals surface area (Å²) in [6.45, 7) is 4.66. The number of rotatable bonds is 5. The number of hydrogen-bond acceptors (Lipinski definition) is 2. The first kappa shape index (κ1) is 17.2. The van der Waals surface area contributed by atoms with E-state index < -0.39 is 0 Å². The zero-order chi connectivity index (χ0) is 17.6. The molecular formula is C22H20ClNO. The predicted octanol–water partition coefficient (Wildman–Crippen LogP) is 6.29. The van der Waals surface area contributed by atoms with Crippen LogP contribution in [0.4, 0.5) is 5.69 Å². The van der Waals surface area contributed by atoms with Crippen LogP contribution in [-0.2, 0) is 6.61 Å². The van der Waals surface area contributed by atoms with Gasteiger partial charge in [0.2, 0.25) is 0 Å². The summed E-state index contributed by atoms with van der Waals surface area (Å²) in [7, 11) is 0. The van der Waals surface area contributed by atoms with Crippen LogP contribution >= 0.6 is 11.6 Å². The Hall–Kier alpha value is -2.58. The molecule has 0 aromatic heterocycles. The van der Waals surface area contributed by atoms with Crippen LogP contribution in [0.25, 0.3) is 0 Å². The maximum Gasteiger partial charge on any atom is 0.119 e. The van der Waals surface area contributed by atoms with E-state index in [0.717, 1.165) is 28.1 Å². The van der Waals surface area contributed by atoms with Crippen molar-refractivity contribution in [1.82, 2.24) is 0 Å². The minimum absolute atomic E-state index is 0.565. The average Bonchev–Trinajstić information content (AvgIpc) is 2.63. The second-order valence-corrected chi connectivity index (χ2v) is 6.47. The maximum atomic E-state index is 6.02. The van der Waals surface area contributed by atoms with Gasteiger partial charge in [0.25, 0.3) is 0 Å². The number of hydrogen-bond donors (Lipinski definition) is 0. The van der Waals surface area contributed by atoms with E-state index in [4.69, 9.17) is 16.3 Å². The SMILES string of the molecule is Cc1ccc(COc2ccc(C=Nc3cc(Cl)ccc3C)cc2)cc1. The summed E-state index contributed by atoms with van der Waals surface area (Å²) in [5.74, 6) is 0.844. The molecule has 0 saturated carbocycles. The summed E-state index contributed by atoms with van der Waals surface area (Å²) >= 11 is 6.02. The van der Waals surface area contributed by atoms with Crippen LogP contribution in [0.1, 0.15) is 22.3 Å². The summed E-state index contributed by atoms with van der Waals surface area (Å²) in [6, 6.07) is 22.0. The highest BCUT2D eigenvalue weighted by Crippen LogP contribution is 2.23. The number of nitrogens with zero attached hydrogens (tertiary/aromatic N) is 1. The molecule has 0 bridgehead atoms.